The third kappa shape index (κ3) is 3.13. The van der Waals surface area contributed by atoms with E-state index in [1.165, 1.54) is 37.0 Å². The van der Waals surface area contributed by atoms with Crippen LogP contribution in [0.5, 0.6) is 11.5 Å². The van der Waals surface area contributed by atoms with Gasteiger partial charge in [-0.3, -0.25) is 4.79 Å². The van der Waals surface area contributed by atoms with Crippen LogP contribution >= 0.6 is 0 Å². The molecular formula is C20H16FN5O4. The van der Waals surface area contributed by atoms with Crippen molar-refractivity contribution in [1.82, 2.24) is 19.5 Å². The Labute approximate surface area is 168 Å². The molecule has 0 fully saturated rings. The van der Waals surface area contributed by atoms with Gasteiger partial charge < -0.3 is 20.2 Å². The highest BCUT2D eigenvalue weighted by Crippen LogP contribution is 2.30. The number of nitrogens with one attached hydrogen (secondary N) is 1. The van der Waals surface area contributed by atoms with Crippen molar-refractivity contribution >= 4 is 17.1 Å². The van der Waals surface area contributed by atoms with Crippen molar-refractivity contribution in [3.63, 3.8) is 0 Å². The number of benzene rings is 2. The number of carbonyl (C=O) groups is 1. The molecule has 2 aromatic heterocycles. The van der Waals surface area contributed by atoms with Gasteiger partial charge in [-0.1, -0.05) is 12.1 Å². The van der Waals surface area contributed by atoms with Crippen molar-refractivity contribution in [2.45, 2.75) is 0 Å². The summed E-state index contributed by atoms with van der Waals surface area (Å²) in [4.78, 5) is 35.8. The number of H-pyrrole nitrogens is 1. The van der Waals surface area contributed by atoms with Gasteiger partial charge in [0.25, 0.3) is 5.91 Å². The van der Waals surface area contributed by atoms with Crippen LogP contribution in [0.4, 0.5) is 4.39 Å². The predicted octanol–water partition coefficient (Wildman–Crippen LogP) is 2.03. The summed E-state index contributed by atoms with van der Waals surface area (Å²) in [6.07, 6.45) is 0. The zero-order valence-electron chi connectivity index (χ0n) is 16.0. The van der Waals surface area contributed by atoms with Crippen molar-refractivity contribution in [1.29, 1.82) is 0 Å². The fourth-order valence-electron chi connectivity index (χ4n) is 3.12. The number of hydrogen-bond acceptors (Lipinski definition) is 6. The lowest BCUT2D eigenvalue weighted by molar-refractivity contribution is 0.0997. The Morgan fingerprint density at radius 2 is 1.87 bits per heavy atom. The molecule has 3 N–H and O–H groups in total. The van der Waals surface area contributed by atoms with Crippen molar-refractivity contribution in [3.05, 3.63) is 64.5 Å². The molecule has 1 amide bonds. The van der Waals surface area contributed by atoms with Gasteiger partial charge in [0.1, 0.15) is 11.3 Å². The smallest absolute Gasteiger partial charge is 0.332 e. The number of hydrogen-bond donors (Lipinski definition) is 2. The Morgan fingerprint density at radius 3 is 2.53 bits per heavy atom. The van der Waals surface area contributed by atoms with Crippen LogP contribution < -0.4 is 20.9 Å². The zero-order valence-corrected chi connectivity index (χ0v) is 16.0. The van der Waals surface area contributed by atoms with E-state index in [-0.39, 0.29) is 22.7 Å². The molecule has 0 bridgehead atoms. The predicted molar refractivity (Wildman–Crippen MR) is 107 cm³/mol. The molecule has 2 aromatic carbocycles. The first-order valence-electron chi connectivity index (χ1n) is 8.74. The number of primary amides is 1. The Morgan fingerprint density at radius 1 is 1.10 bits per heavy atom. The Hall–Kier alpha value is -4.21. The van der Waals surface area contributed by atoms with E-state index in [2.05, 4.69) is 15.0 Å². The molecule has 4 aromatic rings. The molecular weight excluding hydrogens is 393 g/mol. The summed E-state index contributed by atoms with van der Waals surface area (Å²) in [5, 5.41) is 0. The number of halogens is 1. The standard InChI is InChI=1S/C20H16FN5O4/c1-29-13-7-6-12(9-14(13)30-2)26-19-16(24-20(26)28)15(17(22)27)23-18(25-19)10-4-3-5-11(21)8-10/h3-9H,1-2H3,(H2,22,27)(H,24,28). The van der Waals surface area contributed by atoms with Gasteiger partial charge in [-0.2, -0.15) is 0 Å². The first-order chi connectivity index (χ1) is 14.4. The van der Waals surface area contributed by atoms with E-state index < -0.39 is 17.4 Å². The number of fused-ring (bicyclic) bond motifs is 1. The molecule has 2 heterocycles. The second-order valence-corrected chi connectivity index (χ2v) is 6.27. The highest BCUT2D eigenvalue weighted by molar-refractivity contribution is 6.02. The maximum absolute atomic E-state index is 13.7. The summed E-state index contributed by atoms with van der Waals surface area (Å²) in [6, 6.07) is 10.4. The second-order valence-electron chi connectivity index (χ2n) is 6.27. The second kappa shape index (κ2) is 7.32. The fourth-order valence-corrected chi connectivity index (χ4v) is 3.12. The SMILES string of the molecule is COc1ccc(-n2c(=O)[nH]c3c(C(N)=O)nc(-c4cccc(F)c4)nc32)cc1OC. The van der Waals surface area contributed by atoms with Crippen LogP contribution in [0, 0.1) is 5.82 Å². The molecule has 0 radical (unpaired) electrons. The molecule has 152 valence electrons. The minimum Gasteiger partial charge on any atom is -0.493 e. The van der Waals surface area contributed by atoms with Crippen molar-refractivity contribution in [2.75, 3.05) is 14.2 Å². The minimum absolute atomic E-state index is 0.0454. The van der Waals surface area contributed by atoms with Crippen LogP contribution in [0.3, 0.4) is 0 Å². The number of nitrogens with zero attached hydrogens (tertiary/aromatic N) is 3. The van der Waals surface area contributed by atoms with Crippen LogP contribution in [0.15, 0.2) is 47.3 Å². The Bertz CT molecular complexity index is 1350. The van der Waals surface area contributed by atoms with Crippen molar-refractivity contribution in [2.24, 2.45) is 5.73 Å². The number of aromatic nitrogens is 4. The molecule has 4 rings (SSSR count). The molecule has 0 aliphatic rings. The van der Waals surface area contributed by atoms with E-state index in [9.17, 15) is 14.0 Å². The van der Waals surface area contributed by atoms with E-state index in [1.807, 2.05) is 0 Å². The van der Waals surface area contributed by atoms with Gasteiger partial charge in [-0.15, -0.1) is 0 Å². The maximum Gasteiger partial charge on any atom is 0.332 e. The van der Waals surface area contributed by atoms with Gasteiger partial charge in [0.05, 0.1) is 19.9 Å². The molecule has 0 aliphatic heterocycles. The minimum atomic E-state index is -0.860. The van der Waals surface area contributed by atoms with Gasteiger partial charge in [0, 0.05) is 11.6 Å². The molecule has 0 spiro atoms. The topological polar surface area (TPSA) is 125 Å². The van der Waals surface area contributed by atoms with Crippen LogP contribution in [0.25, 0.3) is 28.2 Å². The zero-order chi connectivity index (χ0) is 21.4. The van der Waals surface area contributed by atoms with E-state index in [1.54, 1.807) is 24.3 Å². The van der Waals surface area contributed by atoms with Crippen LogP contribution in [0.2, 0.25) is 0 Å². The number of rotatable bonds is 5. The van der Waals surface area contributed by atoms with Gasteiger partial charge in [0.2, 0.25) is 0 Å². The number of aromatic amines is 1. The molecule has 0 saturated carbocycles. The summed E-state index contributed by atoms with van der Waals surface area (Å²) in [6.45, 7) is 0. The first-order valence-corrected chi connectivity index (χ1v) is 8.74. The monoisotopic (exact) mass is 409 g/mol. The third-order valence-electron chi connectivity index (χ3n) is 4.48. The quantitative estimate of drug-likeness (QED) is 0.520. The average Bonchev–Trinajstić information content (AvgIpc) is 3.07. The van der Waals surface area contributed by atoms with Crippen molar-refractivity contribution < 1.29 is 18.7 Å². The van der Waals surface area contributed by atoms with Crippen LogP contribution in [-0.2, 0) is 0 Å². The number of carbonyl (C=O) groups excluding carboxylic acids is 1. The highest BCUT2D eigenvalue weighted by atomic mass is 19.1. The normalized spacial score (nSPS) is 10.9. The number of amides is 1. The number of imidazole rings is 1. The summed E-state index contributed by atoms with van der Waals surface area (Å²) < 4.78 is 25.5. The van der Waals surface area contributed by atoms with Gasteiger partial charge >= 0.3 is 5.69 Å². The Balaban J connectivity index is 2.03. The number of methoxy groups -OCH3 is 2. The summed E-state index contributed by atoms with van der Waals surface area (Å²) in [5.41, 5.74) is 5.63. The van der Waals surface area contributed by atoms with E-state index in [4.69, 9.17) is 15.2 Å². The number of ether oxygens (including phenoxy) is 2. The third-order valence-corrected chi connectivity index (χ3v) is 4.48. The molecule has 9 nitrogen and oxygen atoms in total. The molecule has 10 heteroatoms. The molecule has 0 unspecified atom stereocenters. The lowest BCUT2D eigenvalue weighted by atomic mass is 10.2. The van der Waals surface area contributed by atoms with E-state index >= 15 is 0 Å². The average molecular weight is 409 g/mol. The Kier molecular flexibility index (Phi) is 4.66. The molecule has 0 atom stereocenters. The van der Waals surface area contributed by atoms with Crippen LogP contribution in [-0.4, -0.2) is 39.6 Å². The van der Waals surface area contributed by atoms with Gasteiger partial charge in [-0.25, -0.2) is 23.7 Å². The molecule has 0 saturated heterocycles. The molecule has 30 heavy (non-hydrogen) atoms. The lowest BCUT2D eigenvalue weighted by Crippen LogP contribution is -2.15. The first kappa shape index (κ1) is 19.1. The van der Waals surface area contributed by atoms with E-state index in [0.29, 0.717) is 22.7 Å². The van der Waals surface area contributed by atoms with Gasteiger partial charge in [-0.05, 0) is 24.3 Å². The maximum atomic E-state index is 13.7. The lowest BCUT2D eigenvalue weighted by Gasteiger charge is -2.10. The van der Waals surface area contributed by atoms with Crippen LogP contribution in [0.1, 0.15) is 10.5 Å². The highest BCUT2D eigenvalue weighted by Gasteiger charge is 2.21. The molecule has 0 aliphatic carbocycles. The largest absolute Gasteiger partial charge is 0.493 e. The summed E-state index contributed by atoms with van der Waals surface area (Å²) in [5.74, 6) is -0.444. The van der Waals surface area contributed by atoms with Gasteiger partial charge in [0.15, 0.2) is 28.7 Å². The fraction of sp³-hybridized carbons (Fsp3) is 0.100. The summed E-state index contributed by atoms with van der Waals surface area (Å²) in [7, 11) is 2.96. The summed E-state index contributed by atoms with van der Waals surface area (Å²) >= 11 is 0. The van der Waals surface area contributed by atoms with E-state index in [0.717, 1.165) is 0 Å². The number of nitrogens with two attached hydrogens (primary N) is 1. The van der Waals surface area contributed by atoms with Crippen molar-refractivity contribution in [3.8, 4) is 28.6 Å².